The number of benzene rings is 1. The standard InChI is InChI=1S/C19H24ClN3O2.2ClH/c1-13-8-9-23(16(10-13)11-21)19(24)7-6-18-22-12-17(25-18)14-2-4-15(20)5-3-14;;/h2-5,12-13,16H,6-11,21H2,1H3;2*1H. The quantitative estimate of drug-likeness (QED) is 0.759. The van der Waals surface area contributed by atoms with Gasteiger partial charge < -0.3 is 15.1 Å². The first-order chi connectivity index (χ1) is 12.1. The van der Waals surface area contributed by atoms with E-state index in [4.69, 9.17) is 21.8 Å². The fraction of sp³-hybridized carbons (Fsp3) is 0.474. The van der Waals surface area contributed by atoms with Crippen LogP contribution in [0.2, 0.25) is 5.02 Å². The Balaban J connectivity index is 0.00000182. The molecule has 2 aromatic rings. The minimum Gasteiger partial charge on any atom is -0.441 e. The number of nitrogens with zero attached hydrogens (tertiary/aromatic N) is 2. The SMILES string of the molecule is CC1CCN(C(=O)CCc2ncc(-c3ccc(Cl)cc3)o2)C(CN)C1.Cl.Cl. The molecule has 0 bridgehead atoms. The third-order valence-electron chi connectivity index (χ3n) is 4.81. The monoisotopic (exact) mass is 433 g/mol. The molecule has 150 valence electrons. The minimum atomic E-state index is 0. The second-order valence-electron chi connectivity index (χ2n) is 6.73. The number of hydrogen-bond donors (Lipinski definition) is 1. The van der Waals surface area contributed by atoms with E-state index >= 15 is 0 Å². The predicted octanol–water partition coefficient (Wildman–Crippen LogP) is 4.36. The summed E-state index contributed by atoms with van der Waals surface area (Å²) in [4.78, 5) is 18.8. The highest BCUT2D eigenvalue weighted by Crippen LogP contribution is 2.24. The zero-order chi connectivity index (χ0) is 17.8. The molecule has 5 nitrogen and oxygen atoms in total. The van der Waals surface area contributed by atoms with Crippen LogP contribution in [0.4, 0.5) is 0 Å². The van der Waals surface area contributed by atoms with Gasteiger partial charge in [0.05, 0.1) is 6.20 Å². The summed E-state index contributed by atoms with van der Waals surface area (Å²) in [5, 5.41) is 0.680. The fourth-order valence-corrected chi connectivity index (χ4v) is 3.46. The first-order valence-electron chi connectivity index (χ1n) is 8.77. The van der Waals surface area contributed by atoms with Crippen LogP contribution in [-0.4, -0.2) is 34.9 Å². The summed E-state index contributed by atoms with van der Waals surface area (Å²) in [6.07, 6.45) is 4.61. The van der Waals surface area contributed by atoms with Crippen molar-refractivity contribution in [3.63, 3.8) is 0 Å². The zero-order valence-electron chi connectivity index (χ0n) is 15.3. The van der Waals surface area contributed by atoms with E-state index in [0.29, 0.717) is 42.0 Å². The van der Waals surface area contributed by atoms with E-state index in [-0.39, 0.29) is 36.8 Å². The fourth-order valence-electron chi connectivity index (χ4n) is 3.33. The molecule has 2 heterocycles. The molecule has 0 radical (unpaired) electrons. The van der Waals surface area contributed by atoms with Gasteiger partial charge in [0.25, 0.3) is 0 Å². The van der Waals surface area contributed by atoms with Crippen LogP contribution in [0.15, 0.2) is 34.9 Å². The average Bonchev–Trinajstić information content (AvgIpc) is 3.09. The Hall–Kier alpha value is -1.27. The van der Waals surface area contributed by atoms with Crippen LogP contribution >= 0.6 is 36.4 Å². The molecule has 2 N–H and O–H groups in total. The normalized spacial score (nSPS) is 19.1. The molecule has 1 aliphatic rings. The molecule has 1 saturated heterocycles. The van der Waals surface area contributed by atoms with E-state index < -0.39 is 0 Å². The highest BCUT2D eigenvalue weighted by Gasteiger charge is 2.28. The largest absolute Gasteiger partial charge is 0.441 e. The lowest BCUT2D eigenvalue weighted by Gasteiger charge is -2.38. The van der Waals surface area contributed by atoms with Crippen LogP contribution in [0.3, 0.4) is 0 Å². The smallest absolute Gasteiger partial charge is 0.223 e. The number of aromatic nitrogens is 1. The molecule has 27 heavy (non-hydrogen) atoms. The topological polar surface area (TPSA) is 72.4 Å². The maximum atomic E-state index is 12.5. The maximum absolute atomic E-state index is 12.5. The number of hydrogen-bond acceptors (Lipinski definition) is 4. The van der Waals surface area contributed by atoms with E-state index in [2.05, 4.69) is 11.9 Å². The van der Waals surface area contributed by atoms with Gasteiger partial charge in [0, 0.05) is 42.6 Å². The van der Waals surface area contributed by atoms with Crippen molar-refractivity contribution in [3.05, 3.63) is 41.4 Å². The molecule has 8 heteroatoms. The Morgan fingerprint density at radius 3 is 2.70 bits per heavy atom. The van der Waals surface area contributed by atoms with Gasteiger partial charge in [-0.15, -0.1) is 24.8 Å². The molecule has 0 aliphatic carbocycles. The summed E-state index contributed by atoms with van der Waals surface area (Å²) in [5.74, 6) is 2.03. The Bertz CT molecular complexity index is 721. The van der Waals surface area contributed by atoms with Crippen molar-refractivity contribution in [2.45, 2.75) is 38.6 Å². The van der Waals surface area contributed by atoms with Crippen molar-refractivity contribution in [2.75, 3.05) is 13.1 Å². The molecular weight excluding hydrogens is 409 g/mol. The lowest BCUT2D eigenvalue weighted by atomic mass is 9.92. The van der Waals surface area contributed by atoms with Crippen molar-refractivity contribution in [1.29, 1.82) is 0 Å². The van der Waals surface area contributed by atoms with Gasteiger partial charge in [-0.3, -0.25) is 4.79 Å². The first kappa shape index (κ1) is 23.8. The maximum Gasteiger partial charge on any atom is 0.223 e. The Labute approximate surface area is 177 Å². The first-order valence-corrected chi connectivity index (χ1v) is 9.14. The van der Waals surface area contributed by atoms with Gasteiger partial charge in [0.15, 0.2) is 11.7 Å². The van der Waals surface area contributed by atoms with Gasteiger partial charge in [-0.2, -0.15) is 0 Å². The van der Waals surface area contributed by atoms with Crippen LogP contribution in [0.25, 0.3) is 11.3 Å². The number of piperidine rings is 1. The molecule has 3 rings (SSSR count). The Kier molecular flexibility index (Phi) is 9.60. The van der Waals surface area contributed by atoms with E-state index in [1.807, 2.05) is 29.2 Å². The van der Waals surface area contributed by atoms with E-state index in [1.165, 1.54) is 0 Å². The summed E-state index contributed by atoms with van der Waals surface area (Å²) in [6, 6.07) is 7.56. The summed E-state index contributed by atoms with van der Waals surface area (Å²) in [6.45, 7) is 3.54. The van der Waals surface area contributed by atoms with Gasteiger partial charge in [-0.25, -0.2) is 4.98 Å². The number of likely N-dealkylation sites (tertiary alicyclic amines) is 1. The third-order valence-corrected chi connectivity index (χ3v) is 5.06. The molecule has 0 spiro atoms. The zero-order valence-corrected chi connectivity index (χ0v) is 17.7. The van der Waals surface area contributed by atoms with E-state index in [1.54, 1.807) is 6.20 Å². The summed E-state index contributed by atoms with van der Waals surface area (Å²) >= 11 is 5.90. The molecule has 1 aromatic heterocycles. The lowest BCUT2D eigenvalue weighted by molar-refractivity contribution is -0.135. The molecule has 1 aliphatic heterocycles. The average molecular weight is 435 g/mol. The number of halogens is 3. The Morgan fingerprint density at radius 1 is 1.33 bits per heavy atom. The summed E-state index contributed by atoms with van der Waals surface area (Å²) in [5.41, 5.74) is 6.76. The summed E-state index contributed by atoms with van der Waals surface area (Å²) < 4.78 is 5.77. The van der Waals surface area contributed by atoms with Crippen LogP contribution in [0.5, 0.6) is 0 Å². The predicted molar refractivity (Wildman–Crippen MR) is 113 cm³/mol. The van der Waals surface area contributed by atoms with Gasteiger partial charge in [0.1, 0.15) is 0 Å². The number of rotatable bonds is 5. The molecule has 1 aromatic carbocycles. The second-order valence-corrected chi connectivity index (χ2v) is 7.17. The van der Waals surface area contributed by atoms with Crippen LogP contribution in [0.1, 0.15) is 32.1 Å². The number of nitrogens with two attached hydrogens (primary N) is 1. The van der Waals surface area contributed by atoms with E-state index in [9.17, 15) is 4.79 Å². The van der Waals surface area contributed by atoms with Gasteiger partial charge >= 0.3 is 0 Å². The third kappa shape index (κ3) is 6.11. The molecular formula is C19H26Cl3N3O2. The van der Waals surface area contributed by atoms with Crippen molar-refractivity contribution < 1.29 is 9.21 Å². The van der Waals surface area contributed by atoms with E-state index in [0.717, 1.165) is 24.9 Å². The molecule has 1 fully saturated rings. The second kappa shape index (κ2) is 10.9. The molecule has 1 amide bonds. The van der Waals surface area contributed by atoms with Crippen molar-refractivity contribution in [2.24, 2.45) is 11.7 Å². The number of carbonyl (C=O) groups is 1. The highest BCUT2D eigenvalue weighted by atomic mass is 35.5. The van der Waals surface area contributed by atoms with Crippen LogP contribution < -0.4 is 5.73 Å². The van der Waals surface area contributed by atoms with Crippen molar-refractivity contribution in [3.8, 4) is 11.3 Å². The highest BCUT2D eigenvalue weighted by molar-refractivity contribution is 6.30. The summed E-state index contributed by atoms with van der Waals surface area (Å²) in [7, 11) is 0. The molecule has 0 saturated carbocycles. The molecule has 2 atom stereocenters. The Morgan fingerprint density at radius 2 is 2.04 bits per heavy atom. The number of aryl methyl sites for hydroxylation is 1. The van der Waals surface area contributed by atoms with Gasteiger partial charge in [0.2, 0.25) is 5.91 Å². The minimum absolute atomic E-state index is 0. The van der Waals surface area contributed by atoms with Crippen LogP contribution in [0, 0.1) is 5.92 Å². The van der Waals surface area contributed by atoms with Gasteiger partial charge in [-0.05, 0) is 43.0 Å². The van der Waals surface area contributed by atoms with Gasteiger partial charge in [-0.1, -0.05) is 18.5 Å². The number of oxazole rings is 1. The van der Waals surface area contributed by atoms with Crippen molar-refractivity contribution in [1.82, 2.24) is 9.88 Å². The number of carbonyl (C=O) groups excluding carboxylic acids is 1. The van der Waals surface area contributed by atoms with Crippen molar-refractivity contribution >= 4 is 42.3 Å². The lowest BCUT2D eigenvalue weighted by Crippen LogP contribution is -2.49. The number of amides is 1. The molecule has 2 unspecified atom stereocenters. The van der Waals surface area contributed by atoms with Crippen LogP contribution in [-0.2, 0) is 11.2 Å².